The Morgan fingerprint density at radius 3 is 2.15 bits per heavy atom. The first kappa shape index (κ1) is 11.0. The molecule has 0 aliphatic carbocycles. The quantitative estimate of drug-likeness (QED) is 0.687. The van der Waals surface area contributed by atoms with Crippen molar-refractivity contribution in [3.05, 3.63) is 0 Å². The van der Waals surface area contributed by atoms with Crippen molar-refractivity contribution < 1.29 is 4.74 Å². The van der Waals surface area contributed by atoms with Crippen molar-refractivity contribution in [3.8, 4) is 0 Å². The van der Waals surface area contributed by atoms with Gasteiger partial charge in [0.2, 0.25) is 0 Å². The van der Waals surface area contributed by atoms with Crippen LogP contribution in [0.25, 0.3) is 0 Å². The van der Waals surface area contributed by atoms with E-state index < -0.39 is 0 Å². The summed E-state index contributed by atoms with van der Waals surface area (Å²) in [7, 11) is 0. The number of hydrogen-bond donors (Lipinski definition) is 1. The molecule has 1 fully saturated rings. The summed E-state index contributed by atoms with van der Waals surface area (Å²) in [6.07, 6.45) is 7.78. The highest BCUT2D eigenvalue weighted by atomic mass is 16.5. The molecule has 1 heterocycles. The molecule has 0 radical (unpaired) electrons. The van der Waals surface area contributed by atoms with Crippen molar-refractivity contribution in [1.29, 1.82) is 0 Å². The van der Waals surface area contributed by atoms with E-state index in [4.69, 9.17) is 4.74 Å². The SMILES string of the molecule is CCCCC1(CCCC)COCN1. The van der Waals surface area contributed by atoms with Gasteiger partial charge >= 0.3 is 0 Å². The van der Waals surface area contributed by atoms with E-state index in [9.17, 15) is 0 Å². The van der Waals surface area contributed by atoms with Gasteiger partial charge < -0.3 is 4.74 Å². The molecule has 1 saturated heterocycles. The first-order valence-electron chi connectivity index (χ1n) is 5.66. The maximum absolute atomic E-state index is 5.44. The molecule has 0 amide bonds. The molecule has 0 saturated carbocycles. The second kappa shape index (κ2) is 5.61. The van der Waals surface area contributed by atoms with Crippen molar-refractivity contribution in [2.45, 2.75) is 57.9 Å². The Balaban J connectivity index is 2.33. The van der Waals surface area contributed by atoms with Gasteiger partial charge in [0.05, 0.1) is 13.3 Å². The minimum absolute atomic E-state index is 0.325. The van der Waals surface area contributed by atoms with Gasteiger partial charge in [-0.2, -0.15) is 0 Å². The Bertz CT molecular complexity index is 120. The van der Waals surface area contributed by atoms with Gasteiger partial charge in [0.25, 0.3) is 0 Å². The average Bonchev–Trinajstić information content (AvgIpc) is 2.61. The number of unbranched alkanes of at least 4 members (excludes halogenated alkanes) is 2. The van der Waals surface area contributed by atoms with E-state index in [0.717, 1.165) is 13.3 Å². The van der Waals surface area contributed by atoms with E-state index in [1.54, 1.807) is 0 Å². The first-order chi connectivity index (χ1) is 6.33. The smallest absolute Gasteiger partial charge is 0.0971 e. The predicted molar refractivity (Wildman–Crippen MR) is 55.7 cm³/mol. The molecule has 1 N–H and O–H groups in total. The van der Waals surface area contributed by atoms with Gasteiger partial charge in [-0.3, -0.25) is 5.32 Å². The third-order valence-electron chi connectivity index (χ3n) is 2.95. The van der Waals surface area contributed by atoms with Crippen molar-refractivity contribution in [2.24, 2.45) is 0 Å². The molecule has 2 nitrogen and oxygen atoms in total. The van der Waals surface area contributed by atoms with Gasteiger partial charge in [-0.05, 0) is 12.8 Å². The fourth-order valence-electron chi connectivity index (χ4n) is 1.98. The third-order valence-corrected chi connectivity index (χ3v) is 2.95. The summed E-state index contributed by atoms with van der Waals surface area (Å²) in [6, 6.07) is 0. The summed E-state index contributed by atoms with van der Waals surface area (Å²) in [5.41, 5.74) is 0.325. The zero-order valence-electron chi connectivity index (χ0n) is 9.07. The summed E-state index contributed by atoms with van der Waals surface area (Å²) in [4.78, 5) is 0. The van der Waals surface area contributed by atoms with Crippen molar-refractivity contribution in [1.82, 2.24) is 5.32 Å². The van der Waals surface area contributed by atoms with Gasteiger partial charge in [-0.1, -0.05) is 39.5 Å². The van der Waals surface area contributed by atoms with Gasteiger partial charge in [0, 0.05) is 5.54 Å². The normalized spacial score (nSPS) is 20.8. The summed E-state index contributed by atoms with van der Waals surface area (Å²) >= 11 is 0. The van der Waals surface area contributed by atoms with E-state index >= 15 is 0 Å². The molecule has 0 aromatic rings. The maximum atomic E-state index is 5.44. The molecule has 0 unspecified atom stereocenters. The lowest BCUT2D eigenvalue weighted by atomic mass is 9.89. The van der Waals surface area contributed by atoms with Crippen LogP contribution in [0.15, 0.2) is 0 Å². The van der Waals surface area contributed by atoms with E-state index in [-0.39, 0.29) is 0 Å². The third kappa shape index (κ3) is 3.28. The zero-order valence-corrected chi connectivity index (χ0v) is 9.07. The Morgan fingerprint density at radius 2 is 1.77 bits per heavy atom. The molecule has 78 valence electrons. The fourth-order valence-corrected chi connectivity index (χ4v) is 1.98. The highest BCUT2D eigenvalue weighted by Gasteiger charge is 2.32. The number of ether oxygens (including phenoxy) is 1. The number of rotatable bonds is 6. The molecule has 0 bridgehead atoms. The standard InChI is InChI=1S/C11H23NO/c1-3-5-7-11(8-6-4-2)9-13-10-12-11/h12H,3-10H2,1-2H3. The summed E-state index contributed by atoms with van der Waals surface area (Å²) in [5, 5.41) is 3.52. The minimum atomic E-state index is 0.325. The number of nitrogens with one attached hydrogen (secondary N) is 1. The van der Waals surface area contributed by atoms with E-state index in [1.165, 1.54) is 38.5 Å². The predicted octanol–water partition coefficient (Wildman–Crippen LogP) is 2.68. The first-order valence-corrected chi connectivity index (χ1v) is 5.66. The van der Waals surface area contributed by atoms with Crippen LogP contribution in [-0.4, -0.2) is 18.9 Å². The lowest BCUT2D eigenvalue weighted by molar-refractivity contribution is 0.169. The van der Waals surface area contributed by atoms with Crippen molar-refractivity contribution in [3.63, 3.8) is 0 Å². The van der Waals surface area contributed by atoms with Crippen LogP contribution >= 0.6 is 0 Å². The topological polar surface area (TPSA) is 21.3 Å². The molecular formula is C11H23NO. The zero-order chi connectivity index (χ0) is 9.57. The van der Waals surface area contributed by atoms with Crippen LogP contribution in [0.2, 0.25) is 0 Å². The second-order valence-electron chi connectivity index (χ2n) is 4.16. The van der Waals surface area contributed by atoms with Crippen LogP contribution in [0, 0.1) is 0 Å². The molecular weight excluding hydrogens is 162 g/mol. The van der Waals surface area contributed by atoms with Crippen molar-refractivity contribution >= 4 is 0 Å². The highest BCUT2D eigenvalue weighted by molar-refractivity contribution is 4.89. The largest absolute Gasteiger partial charge is 0.364 e. The molecule has 0 atom stereocenters. The number of hydrogen-bond acceptors (Lipinski definition) is 2. The Kier molecular flexibility index (Phi) is 4.74. The van der Waals surface area contributed by atoms with Gasteiger partial charge in [0.15, 0.2) is 0 Å². The highest BCUT2D eigenvalue weighted by Crippen LogP contribution is 2.25. The molecule has 0 aromatic carbocycles. The summed E-state index contributed by atoms with van der Waals surface area (Å²) < 4.78 is 5.44. The van der Waals surface area contributed by atoms with Gasteiger partial charge in [0.1, 0.15) is 0 Å². The minimum Gasteiger partial charge on any atom is -0.364 e. The summed E-state index contributed by atoms with van der Waals surface area (Å²) in [5.74, 6) is 0. The Labute approximate surface area is 82.0 Å². The van der Waals surface area contributed by atoms with Crippen molar-refractivity contribution in [2.75, 3.05) is 13.3 Å². The molecule has 1 rings (SSSR count). The van der Waals surface area contributed by atoms with Crippen LogP contribution in [0.3, 0.4) is 0 Å². The Morgan fingerprint density at radius 1 is 1.15 bits per heavy atom. The summed E-state index contributed by atoms with van der Waals surface area (Å²) in [6.45, 7) is 6.19. The van der Waals surface area contributed by atoms with E-state index in [0.29, 0.717) is 5.54 Å². The molecule has 13 heavy (non-hydrogen) atoms. The van der Waals surface area contributed by atoms with Gasteiger partial charge in [-0.25, -0.2) is 0 Å². The second-order valence-corrected chi connectivity index (χ2v) is 4.16. The van der Waals surface area contributed by atoms with Crippen LogP contribution in [0.4, 0.5) is 0 Å². The monoisotopic (exact) mass is 185 g/mol. The Hall–Kier alpha value is -0.0800. The van der Waals surface area contributed by atoms with Gasteiger partial charge in [-0.15, -0.1) is 0 Å². The van der Waals surface area contributed by atoms with Crippen LogP contribution in [0.5, 0.6) is 0 Å². The molecule has 1 aliphatic rings. The van der Waals surface area contributed by atoms with Crippen LogP contribution in [-0.2, 0) is 4.74 Å². The maximum Gasteiger partial charge on any atom is 0.0971 e. The fraction of sp³-hybridized carbons (Fsp3) is 1.00. The van der Waals surface area contributed by atoms with E-state index in [1.807, 2.05) is 0 Å². The van der Waals surface area contributed by atoms with Crippen LogP contribution < -0.4 is 5.32 Å². The molecule has 2 heteroatoms. The lowest BCUT2D eigenvalue weighted by Crippen LogP contribution is -2.42. The molecule has 0 aromatic heterocycles. The molecule has 1 aliphatic heterocycles. The van der Waals surface area contributed by atoms with Crippen LogP contribution in [0.1, 0.15) is 52.4 Å². The molecule has 0 spiro atoms. The van der Waals surface area contributed by atoms with E-state index in [2.05, 4.69) is 19.2 Å². The lowest BCUT2D eigenvalue weighted by Gasteiger charge is -2.27. The average molecular weight is 185 g/mol.